The molecule has 1 aliphatic heterocycles. The number of nitrogens with zero attached hydrogens (tertiary/aromatic N) is 2. The van der Waals surface area contributed by atoms with Crippen LogP contribution in [0.25, 0.3) is 0 Å². The number of amides is 1. The number of nitrogens with one attached hydrogen (secondary N) is 1. The van der Waals surface area contributed by atoms with Crippen LogP contribution in [0, 0.1) is 0 Å². The quantitative estimate of drug-likeness (QED) is 0.615. The largest absolute Gasteiger partial charge is 0.495 e. The molecule has 1 saturated heterocycles. The summed E-state index contributed by atoms with van der Waals surface area (Å²) in [4.78, 5) is 14.4. The van der Waals surface area contributed by atoms with Gasteiger partial charge in [-0.3, -0.25) is 9.69 Å². The van der Waals surface area contributed by atoms with Gasteiger partial charge in [0.25, 0.3) is 0 Å². The first kappa shape index (κ1) is 24.1. The Hall–Kier alpha value is -2.53. The van der Waals surface area contributed by atoms with Crippen molar-refractivity contribution < 1.29 is 27.4 Å². The van der Waals surface area contributed by atoms with E-state index in [1.165, 1.54) is 30.7 Å². The van der Waals surface area contributed by atoms with Gasteiger partial charge >= 0.3 is 0 Å². The molecule has 11 heteroatoms. The molecular formula is C21H26ClN3O6S. The number of methoxy groups -OCH3 is 3. The molecule has 1 amide bonds. The molecule has 174 valence electrons. The zero-order valence-electron chi connectivity index (χ0n) is 18.1. The molecule has 1 fully saturated rings. The maximum Gasteiger partial charge on any atom is 0.246 e. The van der Waals surface area contributed by atoms with Gasteiger partial charge in [-0.25, -0.2) is 8.42 Å². The number of hydrogen-bond acceptors (Lipinski definition) is 7. The van der Waals surface area contributed by atoms with Crippen molar-refractivity contribution in [3.8, 4) is 17.2 Å². The Balaban J connectivity index is 1.59. The molecule has 2 aromatic carbocycles. The second-order valence-corrected chi connectivity index (χ2v) is 9.44. The Morgan fingerprint density at radius 1 is 0.938 bits per heavy atom. The van der Waals surface area contributed by atoms with Crippen molar-refractivity contribution in [2.45, 2.75) is 4.90 Å². The standard InChI is InChI=1S/C21H26ClN3O6S/c1-29-17-7-5-16(13-19(17)31-3)23-21(26)14-24-8-10-25(11-9-24)32(27,28)20-12-15(22)4-6-18(20)30-2/h4-7,12-13H,8-11,14H2,1-3H3,(H,23,26). The van der Waals surface area contributed by atoms with Crippen LogP contribution in [0.15, 0.2) is 41.3 Å². The minimum Gasteiger partial charge on any atom is -0.495 e. The molecular weight excluding hydrogens is 458 g/mol. The summed E-state index contributed by atoms with van der Waals surface area (Å²) in [5.41, 5.74) is 0.585. The number of sulfonamides is 1. The number of rotatable bonds is 8. The SMILES string of the molecule is COc1ccc(NC(=O)CN2CCN(S(=O)(=O)c3cc(Cl)ccc3OC)CC2)cc1OC. The maximum atomic E-state index is 13.1. The van der Waals surface area contributed by atoms with E-state index >= 15 is 0 Å². The fraction of sp³-hybridized carbons (Fsp3) is 0.381. The molecule has 0 aromatic heterocycles. The second kappa shape index (κ2) is 10.4. The predicted molar refractivity (Wildman–Crippen MR) is 121 cm³/mol. The van der Waals surface area contributed by atoms with Gasteiger partial charge in [-0.1, -0.05) is 11.6 Å². The zero-order chi connectivity index (χ0) is 23.3. The van der Waals surface area contributed by atoms with Gasteiger partial charge in [-0.15, -0.1) is 0 Å². The summed E-state index contributed by atoms with van der Waals surface area (Å²) >= 11 is 6.00. The molecule has 3 rings (SSSR count). The van der Waals surface area contributed by atoms with Gasteiger partial charge in [-0.2, -0.15) is 4.31 Å². The molecule has 0 radical (unpaired) electrons. The third kappa shape index (κ3) is 5.44. The lowest BCUT2D eigenvalue weighted by Gasteiger charge is -2.33. The normalized spacial score (nSPS) is 15.2. The van der Waals surface area contributed by atoms with Crippen LogP contribution in [-0.4, -0.2) is 77.6 Å². The molecule has 9 nitrogen and oxygen atoms in total. The highest BCUT2D eigenvalue weighted by atomic mass is 35.5. The van der Waals surface area contributed by atoms with Crippen LogP contribution >= 0.6 is 11.6 Å². The van der Waals surface area contributed by atoms with E-state index in [-0.39, 0.29) is 36.2 Å². The van der Waals surface area contributed by atoms with Crippen LogP contribution in [0.3, 0.4) is 0 Å². The number of ether oxygens (including phenoxy) is 3. The molecule has 2 aromatic rings. The lowest BCUT2D eigenvalue weighted by Crippen LogP contribution is -2.50. The third-order valence-corrected chi connectivity index (χ3v) is 7.26. The highest BCUT2D eigenvalue weighted by Gasteiger charge is 2.31. The first-order valence-electron chi connectivity index (χ1n) is 9.86. The molecule has 1 aliphatic rings. The molecule has 0 saturated carbocycles. The third-order valence-electron chi connectivity index (χ3n) is 5.11. The van der Waals surface area contributed by atoms with E-state index in [1.54, 1.807) is 31.4 Å². The fourth-order valence-corrected chi connectivity index (χ4v) is 5.28. The lowest BCUT2D eigenvalue weighted by atomic mass is 10.2. The number of piperazine rings is 1. The Morgan fingerprint density at radius 2 is 1.56 bits per heavy atom. The van der Waals surface area contributed by atoms with Gasteiger partial charge in [0, 0.05) is 43.0 Å². The Kier molecular flexibility index (Phi) is 7.83. The Morgan fingerprint density at radius 3 is 2.19 bits per heavy atom. The average molecular weight is 484 g/mol. The molecule has 0 aliphatic carbocycles. The summed E-state index contributed by atoms with van der Waals surface area (Å²) in [6.45, 7) is 1.48. The molecule has 0 spiro atoms. The van der Waals surface area contributed by atoms with Gasteiger partial charge in [0.15, 0.2) is 11.5 Å². The van der Waals surface area contributed by atoms with Crippen molar-refractivity contribution >= 4 is 33.2 Å². The number of carbonyl (C=O) groups is 1. The van der Waals surface area contributed by atoms with Crippen molar-refractivity contribution in [1.29, 1.82) is 0 Å². The first-order chi connectivity index (χ1) is 15.3. The number of hydrogen-bond donors (Lipinski definition) is 1. The van der Waals surface area contributed by atoms with E-state index in [1.807, 2.05) is 4.90 Å². The van der Waals surface area contributed by atoms with E-state index < -0.39 is 10.0 Å². The molecule has 1 heterocycles. The molecule has 0 bridgehead atoms. The summed E-state index contributed by atoms with van der Waals surface area (Å²) in [6, 6.07) is 9.61. The summed E-state index contributed by atoms with van der Waals surface area (Å²) < 4.78 is 43.2. The number of halogens is 1. The van der Waals surface area contributed by atoms with Gasteiger partial charge < -0.3 is 19.5 Å². The van der Waals surface area contributed by atoms with E-state index in [4.69, 9.17) is 25.8 Å². The Labute approximate surface area is 192 Å². The van der Waals surface area contributed by atoms with Crippen molar-refractivity contribution in [2.24, 2.45) is 0 Å². The number of carbonyl (C=O) groups excluding carboxylic acids is 1. The van der Waals surface area contributed by atoms with Crippen LogP contribution in [0.5, 0.6) is 17.2 Å². The Bertz CT molecular complexity index is 1070. The van der Waals surface area contributed by atoms with Gasteiger partial charge in [0.2, 0.25) is 15.9 Å². The summed E-state index contributed by atoms with van der Waals surface area (Å²) in [6.07, 6.45) is 0. The smallest absolute Gasteiger partial charge is 0.246 e. The summed E-state index contributed by atoms with van der Waals surface area (Å²) in [7, 11) is 0.707. The van der Waals surface area contributed by atoms with Crippen molar-refractivity contribution in [1.82, 2.24) is 9.21 Å². The molecule has 0 unspecified atom stereocenters. The van der Waals surface area contributed by atoms with Gasteiger partial charge in [0.1, 0.15) is 10.6 Å². The minimum atomic E-state index is -3.77. The lowest BCUT2D eigenvalue weighted by molar-refractivity contribution is -0.117. The van der Waals surface area contributed by atoms with Crippen molar-refractivity contribution in [2.75, 3.05) is 59.4 Å². The van der Waals surface area contributed by atoms with Crippen LogP contribution < -0.4 is 19.5 Å². The summed E-state index contributed by atoms with van der Waals surface area (Å²) in [5.74, 6) is 1.12. The van der Waals surface area contributed by atoms with Crippen LogP contribution in [0.1, 0.15) is 0 Å². The number of anilines is 1. The monoisotopic (exact) mass is 483 g/mol. The van der Waals surface area contributed by atoms with Crippen molar-refractivity contribution in [3.63, 3.8) is 0 Å². The highest BCUT2D eigenvalue weighted by molar-refractivity contribution is 7.89. The number of benzene rings is 2. The highest BCUT2D eigenvalue weighted by Crippen LogP contribution is 2.31. The van der Waals surface area contributed by atoms with Crippen molar-refractivity contribution in [3.05, 3.63) is 41.4 Å². The van der Waals surface area contributed by atoms with E-state index in [2.05, 4.69) is 5.32 Å². The van der Waals surface area contributed by atoms with E-state index in [9.17, 15) is 13.2 Å². The van der Waals surface area contributed by atoms with Gasteiger partial charge in [0.05, 0.1) is 27.9 Å². The maximum absolute atomic E-state index is 13.1. The van der Waals surface area contributed by atoms with Crippen LogP contribution in [0.4, 0.5) is 5.69 Å². The van der Waals surface area contributed by atoms with E-state index in [0.29, 0.717) is 35.3 Å². The predicted octanol–water partition coefficient (Wildman–Crippen LogP) is 2.31. The van der Waals surface area contributed by atoms with Crippen LogP contribution in [0.2, 0.25) is 5.02 Å². The zero-order valence-corrected chi connectivity index (χ0v) is 19.7. The topological polar surface area (TPSA) is 97.4 Å². The summed E-state index contributed by atoms with van der Waals surface area (Å²) in [5, 5.41) is 3.14. The van der Waals surface area contributed by atoms with E-state index in [0.717, 1.165) is 0 Å². The molecule has 32 heavy (non-hydrogen) atoms. The minimum absolute atomic E-state index is 0.0344. The molecule has 1 N–H and O–H groups in total. The first-order valence-corrected chi connectivity index (χ1v) is 11.7. The molecule has 0 atom stereocenters. The van der Waals surface area contributed by atoms with Gasteiger partial charge in [-0.05, 0) is 30.3 Å². The fourth-order valence-electron chi connectivity index (χ4n) is 3.44. The second-order valence-electron chi connectivity index (χ2n) is 7.09. The van der Waals surface area contributed by atoms with Crippen LogP contribution in [-0.2, 0) is 14.8 Å². The average Bonchev–Trinajstić information content (AvgIpc) is 2.79.